The first kappa shape index (κ1) is 15.4. The van der Waals surface area contributed by atoms with Crippen LogP contribution in [0.25, 0.3) is 0 Å². The lowest BCUT2D eigenvalue weighted by molar-refractivity contribution is -0.125. The van der Waals surface area contributed by atoms with E-state index in [4.69, 9.17) is 5.73 Å². The predicted molar refractivity (Wildman–Crippen MR) is 69.5 cm³/mol. The highest BCUT2D eigenvalue weighted by Crippen LogP contribution is 2.13. The molecule has 0 radical (unpaired) electrons. The van der Waals surface area contributed by atoms with Gasteiger partial charge in [-0.3, -0.25) is 9.69 Å². The zero-order valence-electron chi connectivity index (χ0n) is 11.1. The van der Waals surface area contributed by atoms with Crippen molar-refractivity contribution in [2.45, 2.75) is 18.5 Å². The molecule has 1 fully saturated rings. The second-order valence-corrected chi connectivity index (χ2v) is 6.92. The fourth-order valence-electron chi connectivity index (χ4n) is 1.97. The monoisotopic (exact) mass is 278 g/mol. The van der Waals surface area contributed by atoms with Gasteiger partial charge in [0.05, 0.1) is 12.3 Å². The van der Waals surface area contributed by atoms with E-state index >= 15 is 0 Å². The van der Waals surface area contributed by atoms with E-state index in [0.717, 1.165) is 6.26 Å². The highest BCUT2D eigenvalue weighted by atomic mass is 32.2. The third kappa shape index (κ3) is 4.20. The molecule has 0 aromatic heterocycles. The Morgan fingerprint density at radius 1 is 1.56 bits per heavy atom. The standard InChI is InChI=1S/C10H22N4O3S/c1-13-7-8(11)6-9(13)10(15)12-4-5-14(2)18(3,16)17/h8-9H,4-7,11H2,1-3H3,(H,12,15)/t8-,9-/m0/s1. The molecule has 2 atom stereocenters. The third-order valence-corrected chi connectivity index (χ3v) is 4.49. The van der Waals surface area contributed by atoms with Crippen molar-refractivity contribution in [1.82, 2.24) is 14.5 Å². The summed E-state index contributed by atoms with van der Waals surface area (Å²) in [6.45, 7) is 1.29. The molecule has 0 bridgehead atoms. The second kappa shape index (κ2) is 5.96. The van der Waals surface area contributed by atoms with Crippen molar-refractivity contribution < 1.29 is 13.2 Å². The average Bonchev–Trinajstić information content (AvgIpc) is 2.56. The van der Waals surface area contributed by atoms with Gasteiger partial charge in [-0.05, 0) is 13.5 Å². The van der Waals surface area contributed by atoms with E-state index in [0.29, 0.717) is 19.5 Å². The molecule has 0 aromatic rings. The summed E-state index contributed by atoms with van der Waals surface area (Å²) in [5, 5.41) is 2.74. The molecule has 1 rings (SSSR count). The molecule has 1 aliphatic rings. The molecular formula is C10H22N4O3S. The maximum absolute atomic E-state index is 11.9. The van der Waals surface area contributed by atoms with Crippen LogP contribution in [-0.4, -0.2) is 75.6 Å². The Labute approximate surface area is 108 Å². The summed E-state index contributed by atoms with van der Waals surface area (Å²) in [5.41, 5.74) is 5.78. The summed E-state index contributed by atoms with van der Waals surface area (Å²) in [7, 11) is 0.158. The molecule has 0 unspecified atom stereocenters. The van der Waals surface area contributed by atoms with Crippen LogP contribution in [-0.2, 0) is 14.8 Å². The molecule has 1 aliphatic heterocycles. The molecule has 1 heterocycles. The Kier molecular flexibility index (Phi) is 5.09. The molecule has 8 heteroatoms. The van der Waals surface area contributed by atoms with Crippen LogP contribution in [0.5, 0.6) is 0 Å². The molecule has 7 nitrogen and oxygen atoms in total. The Bertz CT molecular complexity index is 398. The lowest BCUT2D eigenvalue weighted by Crippen LogP contribution is -2.44. The van der Waals surface area contributed by atoms with Crippen LogP contribution >= 0.6 is 0 Å². The van der Waals surface area contributed by atoms with Crippen molar-refractivity contribution in [1.29, 1.82) is 0 Å². The van der Waals surface area contributed by atoms with Crippen LogP contribution in [0.4, 0.5) is 0 Å². The van der Waals surface area contributed by atoms with Crippen LogP contribution in [0.2, 0.25) is 0 Å². The number of likely N-dealkylation sites (tertiary alicyclic amines) is 1. The van der Waals surface area contributed by atoms with Crippen LogP contribution < -0.4 is 11.1 Å². The van der Waals surface area contributed by atoms with Gasteiger partial charge in [-0.2, -0.15) is 0 Å². The number of likely N-dealkylation sites (N-methyl/N-ethyl adjacent to an activating group) is 2. The fourth-order valence-corrected chi connectivity index (χ4v) is 2.39. The Hall–Kier alpha value is -0.700. The van der Waals surface area contributed by atoms with Gasteiger partial charge in [0.15, 0.2) is 0 Å². The van der Waals surface area contributed by atoms with E-state index in [1.807, 2.05) is 11.9 Å². The van der Waals surface area contributed by atoms with E-state index in [1.54, 1.807) is 0 Å². The molecule has 1 saturated heterocycles. The van der Waals surface area contributed by atoms with Crippen molar-refractivity contribution in [3.05, 3.63) is 0 Å². The number of nitrogens with two attached hydrogens (primary N) is 1. The van der Waals surface area contributed by atoms with E-state index in [9.17, 15) is 13.2 Å². The Balaban J connectivity index is 2.34. The number of nitrogens with one attached hydrogen (secondary N) is 1. The van der Waals surface area contributed by atoms with Gasteiger partial charge < -0.3 is 11.1 Å². The van der Waals surface area contributed by atoms with Gasteiger partial charge in [0.25, 0.3) is 0 Å². The van der Waals surface area contributed by atoms with Gasteiger partial charge in [-0.15, -0.1) is 0 Å². The quantitative estimate of drug-likeness (QED) is 0.608. The predicted octanol–water partition coefficient (Wildman–Crippen LogP) is -1.97. The minimum absolute atomic E-state index is 0.0319. The summed E-state index contributed by atoms with van der Waals surface area (Å²) in [4.78, 5) is 13.8. The minimum atomic E-state index is -3.19. The summed E-state index contributed by atoms with van der Waals surface area (Å²) < 4.78 is 23.5. The number of nitrogens with zero attached hydrogens (tertiary/aromatic N) is 2. The normalized spacial score (nSPS) is 25.6. The largest absolute Gasteiger partial charge is 0.353 e. The number of hydrogen-bond acceptors (Lipinski definition) is 5. The topological polar surface area (TPSA) is 95.7 Å². The van der Waals surface area contributed by atoms with Gasteiger partial charge in [-0.25, -0.2) is 12.7 Å². The number of sulfonamides is 1. The van der Waals surface area contributed by atoms with Crippen LogP contribution in [0, 0.1) is 0 Å². The molecule has 0 aromatic carbocycles. The number of carbonyl (C=O) groups excluding carboxylic acids is 1. The number of rotatable bonds is 5. The summed E-state index contributed by atoms with van der Waals surface area (Å²) in [5.74, 6) is -0.0904. The lowest BCUT2D eigenvalue weighted by Gasteiger charge is -2.19. The summed E-state index contributed by atoms with van der Waals surface area (Å²) >= 11 is 0. The lowest BCUT2D eigenvalue weighted by atomic mass is 10.1. The van der Waals surface area contributed by atoms with E-state index in [1.165, 1.54) is 11.4 Å². The van der Waals surface area contributed by atoms with Crippen molar-refractivity contribution in [3.8, 4) is 0 Å². The zero-order valence-corrected chi connectivity index (χ0v) is 11.9. The molecule has 1 amide bonds. The summed E-state index contributed by atoms with van der Waals surface area (Å²) in [6, 6.07) is -0.173. The van der Waals surface area contributed by atoms with Crippen LogP contribution in [0.15, 0.2) is 0 Å². The first-order valence-electron chi connectivity index (χ1n) is 5.86. The number of hydrogen-bond donors (Lipinski definition) is 2. The van der Waals surface area contributed by atoms with Gasteiger partial charge in [0.1, 0.15) is 0 Å². The van der Waals surface area contributed by atoms with Gasteiger partial charge >= 0.3 is 0 Å². The van der Waals surface area contributed by atoms with Crippen LogP contribution in [0.3, 0.4) is 0 Å². The number of amides is 1. The van der Waals surface area contributed by atoms with E-state index < -0.39 is 10.0 Å². The second-order valence-electron chi connectivity index (χ2n) is 4.83. The zero-order chi connectivity index (χ0) is 13.9. The smallest absolute Gasteiger partial charge is 0.237 e. The van der Waals surface area contributed by atoms with Gasteiger partial charge in [0, 0.05) is 32.7 Å². The SMILES string of the molecule is CN1C[C@@H](N)C[C@H]1C(=O)NCCN(C)S(C)(=O)=O. The maximum atomic E-state index is 11.9. The number of carbonyl (C=O) groups is 1. The Morgan fingerprint density at radius 2 is 2.17 bits per heavy atom. The maximum Gasteiger partial charge on any atom is 0.237 e. The molecule has 18 heavy (non-hydrogen) atoms. The third-order valence-electron chi connectivity index (χ3n) is 3.18. The first-order chi connectivity index (χ1) is 8.21. The molecule has 3 N–H and O–H groups in total. The summed E-state index contributed by atoms with van der Waals surface area (Å²) in [6.07, 6.45) is 1.78. The highest BCUT2D eigenvalue weighted by molar-refractivity contribution is 7.88. The molecular weight excluding hydrogens is 256 g/mol. The van der Waals surface area contributed by atoms with Crippen molar-refractivity contribution in [2.75, 3.05) is 40.0 Å². The van der Waals surface area contributed by atoms with Crippen molar-refractivity contribution in [2.24, 2.45) is 5.73 Å². The van der Waals surface area contributed by atoms with Crippen molar-refractivity contribution in [3.63, 3.8) is 0 Å². The minimum Gasteiger partial charge on any atom is -0.353 e. The van der Waals surface area contributed by atoms with E-state index in [-0.39, 0.29) is 24.5 Å². The molecule has 0 aliphatic carbocycles. The van der Waals surface area contributed by atoms with Gasteiger partial charge in [-0.1, -0.05) is 0 Å². The first-order valence-corrected chi connectivity index (χ1v) is 7.71. The van der Waals surface area contributed by atoms with Crippen LogP contribution in [0.1, 0.15) is 6.42 Å². The molecule has 0 saturated carbocycles. The highest BCUT2D eigenvalue weighted by Gasteiger charge is 2.32. The molecule has 106 valence electrons. The fraction of sp³-hybridized carbons (Fsp3) is 0.900. The van der Waals surface area contributed by atoms with Gasteiger partial charge in [0.2, 0.25) is 15.9 Å². The average molecular weight is 278 g/mol. The van der Waals surface area contributed by atoms with Crippen molar-refractivity contribution >= 4 is 15.9 Å². The molecule has 0 spiro atoms. The van der Waals surface area contributed by atoms with E-state index in [2.05, 4.69) is 5.32 Å². The Morgan fingerprint density at radius 3 is 2.61 bits per heavy atom.